The SMILES string of the molecule is Cc1ccc(-c2oc3cc(O)cc(N)c3c(=N)c2O)cc1C. The Balaban J connectivity index is 2.38. The summed E-state index contributed by atoms with van der Waals surface area (Å²) in [7, 11) is 0. The summed E-state index contributed by atoms with van der Waals surface area (Å²) in [6.45, 7) is 3.95. The predicted octanol–water partition coefficient (Wildman–Crippen LogP) is 3.19. The zero-order chi connectivity index (χ0) is 16.0. The van der Waals surface area contributed by atoms with Crippen molar-refractivity contribution in [1.29, 1.82) is 5.41 Å². The summed E-state index contributed by atoms with van der Waals surface area (Å²) in [6.07, 6.45) is 0. The number of nitrogens with two attached hydrogens (primary N) is 1. The third-order valence-electron chi connectivity index (χ3n) is 3.80. The minimum atomic E-state index is -0.270. The summed E-state index contributed by atoms with van der Waals surface area (Å²) < 4.78 is 5.71. The van der Waals surface area contributed by atoms with E-state index in [0.29, 0.717) is 5.56 Å². The van der Waals surface area contributed by atoms with E-state index in [4.69, 9.17) is 15.6 Å². The first-order valence-electron chi connectivity index (χ1n) is 6.79. The van der Waals surface area contributed by atoms with Crippen LogP contribution >= 0.6 is 0 Å². The van der Waals surface area contributed by atoms with Crippen molar-refractivity contribution in [1.82, 2.24) is 0 Å². The fourth-order valence-electron chi connectivity index (χ4n) is 2.44. The van der Waals surface area contributed by atoms with Crippen molar-refractivity contribution in [3.8, 4) is 22.8 Å². The molecule has 0 fully saturated rings. The fourth-order valence-corrected chi connectivity index (χ4v) is 2.44. The number of benzene rings is 2. The van der Waals surface area contributed by atoms with E-state index in [1.807, 2.05) is 32.0 Å². The average molecular weight is 296 g/mol. The molecule has 0 bridgehead atoms. The van der Waals surface area contributed by atoms with E-state index in [0.717, 1.165) is 11.1 Å². The molecule has 0 aliphatic rings. The van der Waals surface area contributed by atoms with E-state index in [1.165, 1.54) is 12.1 Å². The van der Waals surface area contributed by atoms with E-state index in [2.05, 4.69) is 0 Å². The average Bonchev–Trinajstić information content (AvgIpc) is 2.45. The van der Waals surface area contributed by atoms with Gasteiger partial charge in [-0.25, -0.2) is 0 Å². The van der Waals surface area contributed by atoms with E-state index >= 15 is 0 Å². The molecule has 0 aliphatic carbocycles. The number of anilines is 1. The topological polar surface area (TPSA) is 103 Å². The summed E-state index contributed by atoms with van der Waals surface area (Å²) in [5.41, 5.74) is 9.09. The first-order valence-corrected chi connectivity index (χ1v) is 6.79. The van der Waals surface area contributed by atoms with Crippen LogP contribution < -0.4 is 11.1 Å². The molecule has 5 nitrogen and oxygen atoms in total. The standard InChI is InChI=1S/C17H16N2O3/c1-8-3-4-10(5-9(8)2)17-16(21)15(19)14-12(18)6-11(20)7-13(14)22-17/h3-7,19-21H,18H2,1-2H3. The molecule has 1 aromatic heterocycles. The molecule has 0 spiro atoms. The van der Waals surface area contributed by atoms with Crippen LogP contribution in [0.1, 0.15) is 11.1 Å². The number of hydrogen-bond donors (Lipinski definition) is 4. The monoisotopic (exact) mass is 296 g/mol. The Bertz CT molecular complexity index is 958. The van der Waals surface area contributed by atoms with Crippen molar-refractivity contribution >= 4 is 16.7 Å². The number of nitrogens with one attached hydrogen (secondary N) is 1. The lowest BCUT2D eigenvalue weighted by Crippen LogP contribution is -2.06. The van der Waals surface area contributed by atoms with Crippen molar-refractivity contribution in [2.75, 3.05) is 5.73 Å². The van der Waals surface area contributed by atoms with Gasteiger partial charge in [-0.2, -0.15) is 0 Å². The summed E-state index contributed by atoms with van der Waals surface area (Å²) in [5.74, 6) is -0.136. The van der Waals surface area contributed by atoms with Gasteiger partial charge in [-0.1, -0.05) is 12.1 Å². The third kappa shape index (κ3) is 2.07. The van der Waals surface area contributed by atoms with Crippen molar-refractivity contribution in [3.63, 3.8) is 0 Å². The van der Waals surface area contributed by atoms with Gasteiger partial charge in [-0.05, 0) is 31.0 Å². The molecule has 112 valence electrons. The number of nitrogen functional groups attached to an aromatic ring is 1. The van der Waals surface area contributed by atoms with Gasteiger partial charge in [0.15, 0.2) is 11.5 Å². The molecule has 0 amide bonds. The Labute approximate surface area is 126 Å². The number of aryl methyl sites for hydroxylation is 2. The van der Waals surface area contributed by atoms with Crippen LogP contribution in [-0.4, -0.2) is 10.2 Å². The lowest BCUT2D eigenvalue weighted by molar-refractivity contribution is 0.444. The molecule has 3 aromatic rings. The van der Waals surface area contributed by atoms with Crippen molar-refractivity contribution in [2.24, 2.45) is 0 Å². The van der Waals surface area contributed by atoms with Gasteiger partial charge >= 0.3 is 0 Å². The Morgan fingerprint density at radius 1 is 1.05 bits per heavy atom. The first kappa shape index (κ1) is 14.0. The van der Waals surface area contributed by atoms with E-state index in [-0.39, 0.29) is 39.3 Å². The van der Waals surface area contributed by atoms with Gasteiger partial charge < -0.3 is 20.4 Å². The number of hydrogen-bond acceptors (Lipinski definition) is 5. The van der Waals surface area contributed by atoms with Crippen LogP contribution in [0.2, 0.25) is 0 Å². The van der Waals surface area contributed by atoms with Crippen molar-refractivity contribution in [3.05, 3.63) is 46.8 Å². The van der Waals surface area contributed by atoms with Crippen LogP contribution in [-0.2, 0) is 0 Å². The van der Waals surface area contributed by atoms with Crippen LogP contribution in [0.25, 0.3) is 22.3 Å². The molecule has 0 radical (unpaired) electrons. The van der Waals surface area contributed by atoms with Crippen molar-refractivity contribution in [2.45, 2.75) is 13.8 Å². The van der Waals surface area contributed by atoms with Gasteiger partial charge in [0.25, 0.3) is 0 Å². The molecule has 0 atom stereocenters. The largest absolute Gasteiger partial charge is 0.508 e. The van der Waals surface area contributed by atoms with Gasteiger partial charge in [0.2, 0.25) is 0 Å². The Hall–Kier alpha value is -2.95. The van der Waals surface area contributed by atoms with Gasteiger partial charge in [0.1, 0.15) is 16.7 Å². The molecule has 5 heteroatoms. The quantitative estimate of drug-likeness (QED) is 0.518. The van der Waals surface area contributed by atoms with Crippen LogP contribution in [0, 0.1) is 19.3 Å². The molecule has 5 N–H and O–H groups in total. The predicted molar refractivity (Wildman–Crippen MR) is 84.7 cm³/mol. The molecule has 22 heavy (non-hydrogen) atoms. The van der Waals surface area contributed by atoms with Crippen LogP contribution in [0.3, 0.4) is 0 Å². The lowest BCUT2D eigenvalue weighted by Gasteiger charge is -2.10. The maximum atomic E-state index is 10.3. The highest BCUT2D eigenvalue weighted by atomic mass is 16.4. The number of phenolic OH excluding ortho intramolecular Hbond substituents is 1. The van der Waals surface area contributed by atoms with Gasteiger partial charge in [-0.3, -0.25) is 5.41 Å². The Morgan fingerprint density at radius 3 is 2.45 bits per heavy atom. The van der Waals surface area contributed by atoms with E-state index < -0.39 is 0 Å². The summed E-state index contributed by atoms with van der Waals surface area (Å²) in [6, 6.07) is 8.33. The van der Waals surface area contributed by atoms with E-state index in [1.54, 1.807) is 0 Å². The molecule has 2 aromatic carbocycles. The maximum absolute atomic E-state index is 10.3. The summed E-state index contributed by atoms with van der Waals surface area (Å²) >= 11 is 0. The van der Waals surface area contributed by atoms with Crippen molar-refractivity contribution < 1.29 is 14.6 Å². The molecule has 0 aliphatic heterocycles. The zero-order valence-electron chi connectivity index (χ0n) is 12.3. The Kier molecular flexibility index (Phi) is 3.06. The number of fused-ring (bicyclic) bond motifs is 1. The molecule has 1 heterocycles. The highest BCUT2D eigenvalue weighted by Crippen LogP contribution is 2.34. The molecule has 0 saturated carbocycles. The van der Waals surface area contributed by atoms with Crippen LogP contribution in [0.5, 0.6) is 11.5 Å². The Morgan fingerprint density at radius 2 is 1.77 bits per heavy atom. The normalized spacial score (nSPS) is 11.0. The minimum Gasteiger partial charge on any atom is -0.508 e. The second-order valence-electron chi connectivity index (χ2n) is 5.36. The number of phenols is 1. The fraction of sp³-hybridized carbons (Fsp3) is 0.118. The first-order chi connectivity index (χ1) is 10.4. The van der Waals surface area contributed by atoms with Crippen LogP contribution in [0.15, 0.2) is 34.7 Å². The summed E-state index contributed by atoms with van der Waals surface area (Å²) in [4.78, 5) is 0. The van der Waals surface area contributed by atoms with Crippen LogP contribution in [0.4, 0.5) is 5.69 Å². The van der Waals surface area contributed by atoms with E-state index in [9.17, 15) is 10.2 Å². The zero-order valence-corrected chi connectivity index (χ0v) is 12.3. The minimum absolute atomic E-state index is 0.0510. The molecule has 0 saturated heterocycles. The third-order valence-corrected chi connectivity index (χ3v) is 3.80. The maximum Gasteiger partial charge on any atom is 0.185 e. The highest BCUT2D eigenvalue weighted by molar-refractivity contribution is 5.92. The lowest BCUT2D eigenvalue weighted by atomic mass is 10.0. The number of aromatic hydroxyl groups is 2. The second kappa shape index (κ2) is 4.80. The molecule has 0 unspecified atom stereocenters. The second-order valence-corrected chi connectivity index (χ2v) is 5.36. The van der Waals surface area contributed by atoms with Gasteiger partial charge in [0, 0.05) is 23.4 Å². The summed E-state index contributed by atoms with van der Waals surface area (Å²) in [5, 5.41) is 28.2. The highest BCUT2D eigenvalue weighted by Gasteiger charge is 2.16. The smallest absolute Gasteiger partial charge is 0.185 e. The molecular weight excluding hydrogens is 280 g/mol. The molecule has 3 rings (SSSR count). The number of rotatable bonds is 1. The van der Waals surface area contributed by atoms with Gasteiger partial charge in [0.05, 0.1) is 5.39 Å². The van der Waals surface area contributed by atoms with Gasteiger partial charge in [-0.15, -0.1) is 0 Å². The molecular formula is C17H16N2O3.